The minimum absolute atomic E-state index is 0.0315. The zero-order valence-corrected chi connectivity index (χ0v) is 19.2. The molecule has 1 atom stereocenters. The summed E-state index contributed by atoms with van der Waals surface area (Å²) in [6, 6.07) is 11.5. The van der Waals surface area contributed by atoms with E-state index >= 15 is 0 Å². The van der Waals surface area contributed by atoms with E-state index in [4.69, 9.17) is 0 Å². The van der Waals surface area contributed by atoms with Gasteiger partial charge in [-0.2, -0.15) is 4.31 Å². The fourth-order valence-corrected chi connectivity index (χ4v) is 7.08. The predicted octanol–water partition coefficient (Wildman–Crippen LogP) is 4.17. The van der Waals surface area contributed by atoms with Crippen molar-refractivity contribution in [1.82, 2.24) is 9.62 Å². The van der Waals surface area contributed by atoms with Gasteiger partial charge < -0.3 is 5.32 Å². The van der Waals surface area contributed by atoms with Crippen LogP contribution in [0.15, 0.2) is 44.4 Å². The average Bonchev–Trinajstić information content (AvgIpc) is 3.14. The molecule has 2 aromatic rings. The highest BCUT2D eigenvalue weighted by Gasteiger charge is 2.34. The molecule has 0 aliphatic carbocycles. The number of carbonyl (C=O) groups excluding carboxylic acids is 1. The molecule has 1 aliphatic rings. The van der Waals surface area contributed by atoms with E-state index in [0.29, 0.717) is 36.7 Å². The lowest BCUT2D eigenvalue weighted by atomic mass is 9.85. The Morgan fingerprint density at radius 1 is 1.21 bits per heavy atom. The first-order chi connectivity index (χ1) is 13.3. The lowest BCUT2D eigenvalue weighted by molar-refractivity contribution is -0.126. The molecule has 0 saturated carbocycles. The summed E-state index contributed by atoms with van der Waals surface area (Å²) >= 11 is 4.55. The third kappa shape index (κ3) is 5.03. The summed E-state index contributed by atoms with van der Waals surface area (Å²) in [5.41, 5.74) is 2.27. The highest BCUT2D eigenvalue weighted by molar-refractivity contribution is 9.11. The van der Waals surface area contributed by atoms with Crippen LogP contribution in [0.5, 0.6) is 0 Å². The number of benzene rings is 1. The van der Waals surface area contributed by atoms with Gasteiger partial charge >= 0.3 is 0 Å². The van der Waals surface area contributed by atoms with E-state index in [-0.39, 0.29) is 17.7 Å². The first-order valence-corrected chi connectivity index (χ1v) is 12.4. The smallest absolute Gasteiger partial charge is 0.252 e. The van der Waals surface area contributed by atoms with Gasteiger partial charge in [0, 0.05) is 25.6 Å². The molecule has 2 heterocycles. The number of nitrogens with one attached hydrogen (secondary N) is 1. The molecule has 1 N–H and O–H groups in total. The third-order valence-corrected chi connectivity index (χ3v) is 9.34. The van der Waals surface area contributed by atoms with Crippen molar-refractivity contribution >= 4 is 43.2 Å². The highest BCUT2D eigenvalue weighted by atomic mass is 79.9. The number of amides is 1. The van der Waals surface area contributed by atoms with Crippen LogP contribution in [0.4, 0.5) is 0 Å². The third-order valence-electron chi connectivity index (χ3n) is 5.35. The maximum Gasteiger partial charge on any atom is 0.252 e. The van der Waals surface area contributed by atoms with Crippen LogP contribution in [-0.2, 0) is 21.4 Å². The van der Waals surface area contributed by atoms with E-state index in [1.807, 2.05) is 38.1 Å². The normalized spacial score (nSPS) is 17.4. The number of carbonyl (C=O) groups is 1. The van der Waals surface area contributed by atoms with Gasteiger partial charge in [0.2, 0.25) is 5.91 Å². The van der Waals surface area contributed by atoms with Crippen LogP contribution in [0.3, 0.4) is 0 Å². The van der Waals surface area contributed by atoms with Gasteiger partial charge in [0.25, 0.3) is 10.0 Å². The number of nitrogens with zero attached hydrogens (tertiary/aromatic N) is 1. The van der Waals surface area contributed by atoms with Crippen molar-refractivity contribution in [2.45, 2.75) is 37.4 Å². The Morgan fingerprint density at radius 3 is 2.43 bits per heavy atom. The minimum Gasteiger partial charge on any atom is -0.352 e. The molecule has 1 unspecified atom stereocenters. The number of halogens is 1. The van der Waals surface area contributed by atoms with E-state index < -0.39 is 10.0 Å². The van der Waals surface area contributed by atoms with Crippen molar-refractivity contribution < 1.29 is 13.2 Å². The molecule has 1 aromatic carbocycles. The number of piperidine rings is 1. The van der Waals surface area contributed by atoms with Crippen molar-refractivity contribution in [1.29, 1.82) is 0 Å². The molecule has 3 rings (SSSR count). The molecule has 8 heteroatoms. The quantitative estimate of drug-likeness (QED) is 0.668. The van der Waals surface area contributed by atoms with Gasteiger partial charge in [-0.25, -0.2) is 8.42 Å². The van der Waals surface area contributed by atoms with Gasteiger partial charge in [-0.1, -0.05) is 36.8 Å². The van der Waals surface area contributed by atoms with Gasteiger partial charge in [-0.05, 0) is 59.3 Å². The second kappa shape index (κ2) is 9.07. The van der Waals surface area contributed by atoms with Crippen LogP contribution < -0.4 is 5.32 Å². The SMILES string of the molecule is Cc1ccc(CNC(=O)C(C)C2CCN(S(=O)(=O)c3ccc(Br)s3)CC2)cc1. The molecule has 0 spiro atoms. The van der Waals surface area contributed by atoms with E-state index in [2.05, 4.69) is 21.2 Å². The zero-order valence-electron chi connectivity index (χ0n) is 16.0. The van der Waals surface area contributed by atoms with E-state index in [0.717, 1.165) is 9.35 Å². The fraction of sp³-hybridized carbons (Fsp3) is 0.450. The molecule has 0 bridgehead atoms. The lowest BCUT2D eigenvalue weighted by Crippen LogP contribution is -2.42. The molecule has 1 saturated heterocycles. The summed E-state index contributed by atoms with van der Waals surface area (Å²) in [6.45, 7) is 5.41. The Kier molecular flexibility index (Phi) is 6.96. The van der Waals surface area contributed by atoms with Crippen LogP contribution in [0.1, 0.15) is 30.9 Å². The molecule has 28 heavy (non-hydrogen) atoms. The number of sulfonamides is 1. The maximum absolute atomic E-state index is 12.7. The largest absolute Gasteiger partial charge is 0.352 e. The minimum atomic E-state index is -3.44. The Labute approximate surface area is 179 Å². The number of rotatable bonds is 6. The van der Waals surface area contributed by atoms with Crippen molar-refractivity contribution in [3.8, 4) is 0 Å². The van der Waals surface area contributed by atoms with Crippen LogP contribution in [0, 0.1) is 18.8 Å². The molecule has 5 nitrogen and oxygen atoms in total. The standard InChI is InChI=1S/C20H25BrN2O3S2/c1-14-3-5-16(6-4-14)13-22-20(24)15(2)17-9-11-23(12-10-17)28(25,26)19-8-7-18(21)27-19/h3-8,15,17H,9-13H2,1-2H3,(H,22,24). The molecule has 1 aromatic heterocycles. The number of thiophene rings is 1. The number of hydrogen-bond acceptors (Lipinski definition) is 4. The van der Waals surface area contributed by atoms with Gasteiger partial charge in [0.05, 0.1) is 3.79 Å². The monoisotopic (exact) mass is 484 g/mol. The summed E-state index contributed by atoms with van der Waals surface area (Å²) in [6.07, 6.45) is 1.40. The molecular weight excluding hydrogens is 460 g/mol. The number of aryl methyl sites for hydroxylation is 1. The fourth-order valence-electron chi connectivity index (χ4n) is 3.45. The van der Waals surface area contributed by atoms with Crippen LogP contribution in [-0.4, -0.2) is 31.7 Å². The second-order valence-corrected chi connectivity index (χ2v) is 11.9. The van der Waals surface area contributed by atoms with E-state index in [9.17, 15) is 13.2 Å². The summed E-state index contributed by atoms with van der Waals surface area (Å²) in [4.78, 5) is 12.5. The van der Waals surface area contributed by atoms with Gasteiger partial charge in [0.15, 0.2) is 0 Å². The molecule has 152 valence electrons. The molecule has 1 fully saturated rings. The summed E-state index contributed by atoms with van der Waals surface area (Å²) in [7, 11) is -3.44. The lowest BCUT2D eigenvalue weighted by Gasteiger charge is -2.33. The van der Waals surface area contributed by atoms with E-state index in [1.54, 1.807) is 16.4 Å². The Morgan fingerprint density at radius 2 is 1.86 bits per heavy atom. The second-order valence-electron chi connectivity index (χ2n) is 7.29. The topological polar surface area (TPSA) is 66.5 Å². The summed E-state index contributed by atoms with van der Waals surface area (Å²) in [5.74, 6) is 0.0924. The van der Waals surface area contributed by atoms with Crippen molar-refractivity contribution in [2.24, 2.45) is 11.8 Å². The number of hydrogen-bond donors (Lipinski definition) is 1. The van der Waals surface area contributed by atoms with Crippen molar-refractivity contribution in [3.05, 3.63) is 51.3 Å². The van der Waals surface area contributed by atoms with Crippen LogP contribution >= 0.6 is 27.3 Å². The summed E-state index contributed by atoms with van der Waals surface area (Å²) in [5, 5.41) is 3.01. The highest BCUT2D eigenvalue weighted by Crippen LogP contribution is 2.32. The Bertz CT molecular complexity index is 917. The molecular formula is C20H25BrN2O3S2. The molecule has 0 radical (unpaired) electrons. The van der Waals surface area contributed by atoms with Gasteiger partial charge in [-0.15, -0.1) is 11.3 Å². The first-order valence-electron chi connectivity index (χ1n) is 9.36. The van der Waals surface area contributed by atoms with Gasteiger partial charge in [0.1, 0.15) is 4.21 Å². The van der Waals surface area contributed by atoms with Crippen molar-refractivity contribution in [3.63, 3.8) is 0 Å². The maximum atomic E-state index is 12.7. The van der Waals surface area contributed by atoms with Gasteiger partial charge in [-0.3, -0.25) is 4.79 Å². The Hall–Kier alpha value is -1.22. The molecule has 1 aliphatic heterocycles. The van der Waals surface area contributed by atoms with Crippen molar-refractivity contribution in [2.75, 3.05) is 13.1 Å². The Balaban J connectivity index is 1.52. The first kappa shape index (κ1) is 21.5. The van der Waals surface area contributed by atoms with Crippen LogP contribution in [0.2, 0.25) is 0 Å². The molecule has 1 amide bonds. The predicted molar refractivity (Wildman–Crippen MR) is 116 cm³/mol. The summed E-state index contributed by atoms with van der Waals surface area (Å²) < 4.78 is 28.2. The zero-order chi connectivity index (χ0) is 20.3. The van der Waals surface area contributed by atoms with E-state index in [1.165, 1.54) is 16.9 Å². The average molecular weight is 485 g/mol. The van der Waals surface area contributed by atoms with Crippen LogP contribution in [0.25, 0.3) is 0 Å².